The smallest absolute Gasteiger partial charge is 0.303 e. The number of rotatable bonds is 10. The summed E-state index contributed by atoms with van der Waals surface area (Å²) in [5.74, 6) is 1.07. The van der Waals surface area contributed by atoms with Crippen molar-refractivity contribution in [3.8, 4) is 0 Å². The molecule has 2 fully saturated rings. The molecule has 136 valence electrons. The molecular formula is C20H32O4. The van der Waals surface area contributed by atoms with E-state index in [0.29, 0.717) is 36.2 Å². The van der Waals surface area contributed by atoms with Crippen molar-refractivity contribution in [2.75, 3.05) is 0 Å². The summed E-state index contributed by atoms with van der Waals surface area (Å²) in [6.07, 6.45) is 10.2. The zero-order valence-electron chi connectivity index (χ0n) is 15.0. The van der Waals surface area contributed by atoms with Gasteiger partial charge in [0, 0.05) is 31.1 Å². The summed E-state index contributed by atoms with van der Waals surface area (Å²) in [6.45, 7) is 2.15. The van der Waals surface area contributed by atoms with Crippen LogP contribution in [-0.4, -0.2) is 22.6 Å². The van der Waals surface area contributed by atoms with Gasteiger partial charge in [-0.15, -0.1) is 0 Å². The lowest BCUT2D eigenvalue weighted by molar-refractivity contribution is -0.137. The number of ketones is 2. The van der Waals surface area contributed by atoms with Gasteiger partial charge in [-0.3, -0.25) is 14.4 Å². The first-order valence-corrected chi connectivity index (χ1v) is 9.81. The van der Waals surface area contributed by atoms with Gasteiger partial charge in [-0.05, 0) is 37.5 Å². The van der Waals surface area contributed by atoms with Gasteiger partial charge in [0.2, 0.25) is 0 Å². The second-order valence-electron chi connectivity index (χ2n) is 7.70. The Hall–Kier alpha value is -1.19. The Morgan fingerprint density at radius 3 is 2.33 bits per heavy atom. The molecule has 0 aromatic rings. The fraction of sp³-hybridized carbons (Fsp3) is 0.850. The maximum Gasteiger partial charge on any atom is 0.303 e. The molecule has 0 aromatic carbocycles. The highest BCUT2D eigenvalue weighted by Gasteiger charge is 2.48. The van der Waals surface area contributed by atoms with Crippen molar-refractivity contribution in [2.24, 2.45) is 23.7 Å². The van der Waals surface area contributed by atoms with Crippen molar-refractivity contribution in [1.29, 1.82) is 0 Å². The number of unbranched alkanes of at least 4 members (excludes halogenated alkanes) is 4. The molecule has 4 atom stereocenters. The van der Waals surface area contributed by atoms with Gasteiger partial charge in [0.25, 0.3) is 0 Å². The molecule has 0 heterocycles. The highest BCUT2D eigenvalue weighted by Crippen LogP contribution is 2.48. The second kappa shape index (κ2) is 9.33. The van der Waals surface area contributed by atoms with E-state index in [1.54, 1.807) is 0 Å². The van der Waals surface area contributed by atoms with Crippen LogP contribution in [0.2, 0.25) is 0 Å². The van der Waals surface area contributed by atoms with Gasteiger partial charge in [-0.25, -0.2) is 0 Å². The lowest BCUT2D eigenvalue weighted by Gasteiger charge is -2.34. The van der Waals surface area contributed by atoms with Gasteiger partial charge in [-0.2, -0.15) is 0 Å². The third kappa shape index (κ3) is 4.90. The number of Topliss-reactive ketones (excluding diaryl/α,β-unsaturated/α-hetero) is 2. The van der Waals surface area contributed by atoms with Gasteiger partial charge < -0.3 is 5.11 Å². The molecule has 0 bridgehead atoms. The van der Waals surface area contributed by atoms with Crippen LogP contribution in [0.1, 0.15) is 84.0 Å². The van der Waals surface area contributed by atoms with Crippen molar-refractivity contribution in [3.63, 3.8) is 0 Å². The fourth-order valence-electron chi connectivity index (χ4n) is 4.83. The van der Waals surface area contributed by atoms with Crippen LogP contribution in [0.4, 0.5) is 0 Å². The lowest BCUT2D eigenvalue weighted by Crippen LogP contribution is -2.34. The fourth-order valence-corrected chi connectivity index (χ4v) is 4.83. The molecule has 0 spiro atoms. The average Bonchev–Trinajstić information content (AvgIpc) is 2.85. The maximum absolute atomic E-state index is 12.5. The first-order chi connectivity index (χ1) is 11.5. The van der Waals surface area contributed by atoms with Crippen molar-refractivity contribution in [3.05, 3.63) is 0 Å². The standard InChI is InChI=1S/C20H32O4/c1-2-3-8-16-17-13-19(22)15(14(17)11-12-18(16)21)9-6-4-5-7-10-20(23)24/h14-17H,2-13H2,1H3,(H,23,24)/t14-,15-,16+,17+/m1/s1. The molecule has 0 aromatic heterocycles. The van der Waals surface area contributed by atoms with E-state index in [0.717, 1.165) is 57.8 Å². The summed E-state index contributed by atoms with van der Waals surface area (Å²) in [7, 11) is 0. The Balaban J connectivity index is 1.81. The second-order valence-corrected chi connectivity index (χ2v) is 7.70. The van der Waals surface area contributed by atoms with Crippen molar-refractivity contribution in [2.45, 2.75) is 84.0 Å². The lowest BCUT2D eigenvalue weighted by atomic mass is 9.69. The topological polar surface area (TPSA) is 71.4 Å². The monoisotopic (exact) mass is 336 g/mol. The number of carbonyl (C=O) groups is 3. The number of hydrogen-bond donors (Lipinski definition) is 1. The first kappa shape index (κ1) is 19.1. The molecule has 2 rings (SSSR count). The maximum atomic E-state index is 12.5. The van der Waals surface area contributed by atoms with Crippen LogP contribution >= 0.6 is 0 Å². The number of carboxylic acid groups (broad SMARTS) is 1. The zero-order chi connectivity index (χ0) is 17.5. The van der Waals surface area contributed by atoms with E-state index >= 15 is 0 Å². The third-order valence-corrected chi connectivity index (χ3v) is 6.10. The molecule has 0 unspecified atom stereocenters. The SMILES string of the molecule is CCCC[C@@H]1C(=O)CC[C@H]2[C@@H]1CC(=O)[C@@H]2CCCCCCC(=O)O. The molecule has 0 saturated heterocycles. The van der Waals surface area contributed by atoms with Crippen LogP contribution in [0.25, 0.3) is 0 Å². The number of aliphatic carboxylic acids is 1. The van der Waals surface area contributed by atoms with Crippen LogP contribution in [0.3, 0.4) is 0 Å². The van der Waals surface area contributed by atoms with Gasteiger partial charge in [-0.1, -0.05) is 39.0 Å². The highest BCUT2D eigenvalue weighted by atomic mass is 16.4. The summed E-state index contributed by atoms with van der Waals surface area (Å²) < 4.78 is 0. The van der Waals surface area contributed by atoms with Crippen LogP contribution in [0, 0.1) is 23.7 Å². The summed E-state index contributed by atoms with van der Waals surface area (Å²) >= 11 is 0. The van der Waals surface area contributed by atoms with Crippen molar-refractivity contribution >= 4 is 17.5 Å². The van der Waals surface area contributed by atoms with E-state index in [1.807, 2.05) is 0 Å². The van der Waals surface area contributed by atoms with Crippen molar-refractivity contribution < 1.29 is 19.5 Å². The van der Waals surface area contributed by atoms with Crippen LogP contribution < -0.4 is 0 Å². The van der Waals surface area contributed by atoms with E-state index < -0.39 is 5.97 Å². The predicted molar refractivity (Wildman–Crippen MR) is 92.7 cm³/mol. The van der Waals surface area contributed by atoms with E-state index in [-0.39, 0.29) is 18.3 Å². The number of hydrogen-bond acceptors (Lipinski definition) is 3. The van der Waals surface area contributed by atoms with E-state index in [4.69, 9.17) is 5.11 Å². The van der Waals surface area contributed by atoms with Gasteiger partial charge in [0.05, 0.1) is 0 Å². The minimum atomic E-state index is -0.728. The molecule has 1 N–H and O–H groups in total. The minimum absolute atomic E-state index is 0.133. The molecule has 0 aliphatic heterocycles. The predicted octanol–water partition coefficient (Wildman–Crippen LogP) is 4.40. The summed E-state index contributed by atoms with van der Waals surface area (Å²) in [6, 6.07) is 0. The highest BCUT2D eigenvalue weighted by molar-refractivity contribution is 5.88. The van der Waals surface area contributed by atoms with Crippen LogP contribution in [0.5, 0.6) is 0 Å². The number of carbonyl (C=O) groups excluding carboxylic acids is 2. The van der Waals surface area contributed by atoms with Gasteiger partial charge >= 0.3 is 5.97 Å². The molecule has 0 radical (unpaired) electrons. The van der Waals surface area contributed by atoms with E-state index in [1.165, 1.54) is 0 Å². The summed E-state index contributed by atoms with van der Waals surface area (Å²) in [4.78, 5) is 35.3. The normalized spacial score (nSPS) is 29.7. The van der Waals surface area contributed by atoms with Crippen molar-refractivity contribution in [1.82, 2.24) is 0 Å². The van der Waals surface area contributed by atoms with Crippen LogP contribution in [0.15, 0.2) is 0 Å². The molecule has 2 aliphatic carbocycles. The Labute approximate surface area is 145 Å². The van der Waals surface area contributed by atoms with Gasteiger partial charge in [0.1, 0.15) is 11.6 Å². The summed E-state index contributed by atoms with van der Waals surface area (Å²) in [5.41, 5.74) is 0. The number of carboxylic acids is 1. The molecular weight excluding hydrogens is 304 g/mol. The Morgan fingerprint density at radius 1 is 0.958 bits per heavy atom. The van der Waals surface area contributed by atoms with Crippen LogP contribution in [-0.2, 0) is 14.4 Å². The largest absolute Gasteiger partial charge is 0.481 e. The van der Waals surface area contributed by atoms with Gasteiger partial charge in [0.15, 0.2) is 0 Å². The Bertz CT molecular complexity index is 457. The van der Waals surface area contributed by atoms with E-state index in [9.17, 15) is 14.4 Å². The Kier molecular flexibility index (Phi) is 7.44. The quantitative estimate of drug-likeness (QED) is 0.600. The molecule has 4 heteroatoms. The summed E-state index contributed by atoms with van der Waals surface area (Å²) in [5, 5.41) is 8.64. The molecule has 2 aliphatic rings. The third-order valence-electron chi connectivity index (χ3n) is 6.10. The molecule has 4 nitrogen and oxygen atoms in total. The zero-order valence-corrected chi connectivity index (χ0v) is 15.0. The van der Waals surface area contributed by atoms with E-state index in [2.05, 4.69) is 6.92 Å². The number of fused-ring (bicyclic) bond motifs is 1. The first-order valence-electron chi connectivity index (χ1n) is 9.81. The average molecular weight is 336 g/mol. The molecule has 2 saturated carbocycles. The molecule has 24 heavy (non-hydrogen) atoms. The Morgan fingerprint density at radius 2 is 1.62 bits per heavy atom. The minimum Gasteiger partial charge on any atom is -0.481 e. The molecule has 0 amide bonds.